The fourth-order valence-corrected chi connectivity index (χ4v) is 3.12. The van der Waals surface area contributed by atoms with Gasteiger partial charge in [-0.1, -0.05) is 25.0 Å². The van der Waals surface area contributed by atoms with E-state index < -0.39 is 5.97 Å². The molecule has 0 aromatic heterocycles. The molecule has 1 saturated carbocycles. The van der Waals surface area contributed by atoms with Gasteiger partial charge >= 0.3 is 5.97 Å². The summed E-state index contributed by atoms with van der Waals surface area (Å²) in [5, 5.41) is 13.1. The molecule has 0 unspecified atom stereocenters. The van der Waals surface area contributed by atoms with Gasteiger partial charge in [0.1, 0.15) is 0 Å². The quantitative estimate of drug-likeness (QED) is 0.864. The Morgan fingerprint density at radius 2 is 1.80 bits per heavy atom. The minimum Gasteiger partial charge on any atom is -0.478 e. The third-order valence-electron chi connectivity index (χ3n) is 4.17. The van der Waals surface area contributed by atoms with Crippen LogP contribution in [0.15, 0.2) is 29.4 Å². The SMILES string of the molecule is O=C(O)c1ccc(C2=NNC(=O)[C@@H]3CCCC[C@@H]23)cc1. The van der Waals surface area contributed by atoms with E-state index in [2.05, 4.69) is 10.5 Å². The summed E-state index contributed by atoms with van der Waals surface area (Å²) >= 11 is 0. The first-order valence-electron chi connectivity index (χ1n) is 6.88. The van der Waals surface area contributed by atoms with Crippen molar-refractivity contribution in [2.75, 3.05) is 0 Å². The number of hydrazone groups is 1. The Kier molecular flexibility index (Phi) is 3.26. The Morgan fingerprint density at radius 3 is 2.45 bits per heavy atom. The average molecular weight is 272 g/mol. The van der Waals surface area contributed by atoms with Crippen LogP contribution in [0.4, 0.5) is 0 Å². The van der Waals surface area contributed by atoms with Gasteiger partial charge in [-0.3, -0.25) is 4.79 Å². The lowest BCUT2D eigenvalue weighted by molar-refractivity contribution is -0.127. The van der Waals surface area contributed by atoms with Crippen LogP contribution in [0.1, 0.15) is 41.6 Å². The van der Waals surface area contributed by atoms with Crippen molar-refractivity contribution < 1.29 is 14.7 Å². The molecule has 1 aromatic rings. The molecule has 20 heavy (non-hydrogen) atoms. The molecule has 0 saturated heterocycles. The highest BCUT2D eigenvalue weighted by atomic mass is 16.4. The van der Waals surface area contributed by atoms with Crippen LogP contribution in [0.25, 0.3) is 0 Å². The summed E-state index contributed by atoms with van der Waals surface area (Å²) in [6, 6.07) is 6.69. The number of amides is 1. The van der Waals surface area contributed by atoms with E-state index in [0.717, 1.165) is 37.0 Å². The highest BCUT2D eigenvalue weighted by Gasteiger charge is 2.37. The van der Waals surface area contributed by atoms with Gasteiger partial charge in [0, 0.05) is 11.8 Å². The van der Waals surface area contributed by atoms with Gasteiger partial charge in [-0.2, -0.15) is 5.10 Å². The Morgan fingerprint density at radius 1 is 1.15 bits per heavy atom. The van der Waals surface area contributed by atoms with Crippen molar-refractivity contribution in [2.24, 2.45) is 16.9 Å². The van der Waals surface area contributed by atoms with Crippen molar-refractivity contribution in [1.29, 1.82) is 0 Å². The van der Waals surface area contributed by atoms with Crippen LogP contribution < -0.4 is 5.43 Å². The van der Waals surface area contributed by atoms with E-state index in [-0.39, 0.29) is 23.3 Å². The van der Waals surface area contributed by atoms with Gasteiger partial charge in [-0.25, -0.2) is 10.2 Å². The summed E-state index contributed by atoms with van der Waals surface area (Å²) in [6.07, 6.45) is 4.07. The maximum Gasteiger partial charge on any atom is 0.335 e. The fraction of sp³-hybridized carbons (Fsp3) is 0.400. The van der Waals surface area contributed by atoms with Gasteiger partial charge in [0.2, 0.25) is 5.91 Å². The van der Waals surface area contributed by atoms with Crippen LogP contribution in [0.2, 0.25) is 0 Å². The highest BCUT2D eigenvalue weighted by molar-refractivity contribution is 6.07. The van der Waals surface area contributed by atoms with Crippen LogP contribution in [0.5, 0.6) is 0 Å². The van der Waals surface area contributed by atoms with E-state index in [4.69, 9.17) is 5.11 Å². The minimum absolute atomic E-state index is 0.00963. The van der Waals surface area contributed by atoms with Crippen molar-refractivity contribution in [3.63, 3.8) is 0 Å². The first kappa shape index (κ1) is 12.8. The topological polar surface area (TPSA) is 78.8 Å². The maximum atomic E-state index is 11.9. The van der Waals surface area contributed by atoms with Gasteiger partial charge < -0.3 is 5.11 Å². The monoisotopic (exact) mass is 272 g/mol. The van der Waals surface area contributed by atoms with Crippen LogP contribution >= 0.6 is 0 Å². The number of nitrogens with zero attached hydrogens (tertiary/aromatic N) is 1. The molecular formula is C15H16N2O3. The molecule has 2 atom stereocenters. The summed E-state index contributed by atoms with van der Waals surface area (Å²) in [7, 11) is 0. The molecule has 2 N–H and O–H groups in total. The number of hydrogen-bond donors (Lipinski definition) is 2. The van der Waals surface area contributed by atoms with E-state index in [9.17, 15) is 9.59 Å². The Bertz CT molecular complexity index is 577. The van der Waals surface area contributed by atoms with Crippen molar-refractivity contribution in [3.05, 3.63) is 35.4 Å². The lowest BCUT2D eigenvalue weighted by Gasteiger charge is -2.34. The number of hydrogen-bond acceptors (Lipinski definition) is 3. The van der Waals surface area contributed by atoms with Gasteiger partial charge in [-0.15, -0.1) is 0 Å². The van der Waals surface area contributed by atoms with Crippen LogP contribution in [-0.2, 0) is 4.79 Å². The predicted molar refractivity (Wildman–Crippen MR) is 73.5 cm³/mol. The number of fused-ring (bicyclic) bond motifs is 1. The smallest absolute Gasteiger partial charge is 0.335 e. The number of carbonyl (C=O) groups is 2. The molecule has 1 heterocycles. The first-order valence-corrected chi connectivity index (χ1v) is 6.88. The number of benzene rings is 1. The van der Waals surface area contributed by atoms with Gasteiger partial charge in [0.25, 0.3) is 0 Å². The van der Waals surface area contributed by atoms with E-state index in [1.54, 1.807) is 24.3 Å². The summed E-state index contributed by atoms with van der Waals surface area (Å²) in [5.41, 5.74) is 4.63. The number of rotatable bonds is 2. The molecule has 104 valence electrons. The second-order valence-electron chi connectivity index (χ2n) is 5.35. The normalized spacial score (nSPS) is 25.4. The molecule has 0 bridgehead atoms. The fourth-order valence-electron chi connectivity index (χ4n) is 3.12. The first-order chi connectivity index (χ1) is 9.66. The largest absolute Gasteiger partial charge is 0.478 e. The zero-order chi connectivity index (χ0) is 14.1. The van der Waals surface area contributed by atoms with Crippen LogP contribution in [0.3, 0.4) is 0 Å². The number of carbonyl (C=O) groups excluding carboxylic acids is 1. The lowest BCUT2D eigenvalue weighted by atomic mass is 9.74. The van der Waals surface area contributed by atoms with Gasteiger partial charge in [0.05, 0.1) is 11.3 Å². The summed E-state index contributed by atoms with van der Waals surface area (Å²) in [4.78, 5) is 22.7. The molecule has 1 aliphatic heterocycles. The van der Waals surface area contributed by atoms with Crippen molar-refractivity contribution in [3.8, 4) is 0 Å². The van der Waals surface area contributed by atoms with Crippen molar-refractivity contribution in [1.82, 2.24) is 5.43 Å². The standard InChI is InChI=1S/C15H16N2O3/c18-14-12-4-2-1-3-11(12)13(16-17-14)9-5-7-10(8-6-9)15(19)20/h5-8,11-12H,1-4H2,(H,17,18)(H,19,20)/t11-,12-/m1/s1. The summed E-state index contributed by atoms with van der Waals surface area (Å²) < 4.78 is 0. The van der Waals surface area contributed by atoms with Crippen molar-refractivity contribution in [2.45, 2.75) is 25.7 Å². The molecule has 0 radical (unpaired) electrons. The van der Waals surface area contributed by atoms with E-state index in [0.29, 0.717) is 0 Å². The second kappa shape index (κ2) is 5.07. The Hall–Kier alpha value is -2.17. The third kappa shape index (κ3) is 2.19. The molecule has 1 aromatic carbocycles. The molecule has 1 amide bonds. The molecule has 3 rings (SSSR count). The summed E-state index contributed by atoms with van der Waals surface area (Å²) in [5.74, 6) is -0.754. The lowest BCUT2D eigenvalue weighted by Crippen LogP contribution is -2.43. The third-order valence-corrected chi connectivity index (χ3v) is 4.17. The molecule has 1 aliphatic carbocycles. The average Bonchev–Trinajstić information content (AvgIpc) is 2.48. The maximum absolute atomic E-state index is 11.9. The second-order valence-corrected chi connectivity index (χ2v) is 5.35. The van der Waals surface area contributed by atoms with Crippen LogP contribution in [-0.4, -0.2) is 22.7 Å². The van der Waals surface area contributed by atoms with Gasteiger partial charge in [-0.05, 0) is 30.5 Å². The molecule has 2 aliphatic rings. The molecular weight excluding hydrogens is 256 g/mol. The predicted octanol–water partition coefficient (Wildman–Crippen LogP) is 2.03. The van der Waals surface area contributed by atoms with Crippen LogP contribution in [0, 0.1) is 11.8 Å². The number of nitrogens with one attached hydrogen (secondary N) is 1. The summed E-state index contributed by atoms with van der Waals surface area (Å²) in [6.45, 7) is 0. The Balaban J connectivity index is 1.92. The van der Waals surface area contributed by atoms with E-state index in [1.807, 2.05) is 0 Å². The zero-order valence-electron chi connectivity index (χ0n) is 11.0. The molecule has 0 spiro atoms. The van der Waals surface area contributed by atoms with Crippen molar-refractivity contribution >= 4 is 17.6 Å². The number of carboxylic acids is 1. The van der Waals surface area contributed by atoms with Gasteiger partial charge in [0.15, 0.2) is 0 Å². The molecule has 5 nitrogen and oxygen atoms in total. The molecule has 1 fully saturated rings. The highest BCUT2D eigenvalue weighted by Crippen LogP contribution is 2.35. The zero-order valence-corrected chi connectivity index (χ0v) is 11.0. The number of carboxylic acid groups (broad SMARTS) is 1. The minimum atomic E-state index is -0.939. The van der Waals surface area contributed by atoms with E-state index in [1.165, 1.54) is 0 Å². The molecule has 5 heteroatoms. The Labute approximate surface area is 116 Å². The van der Waals surface area contributed by atoms with E-state index >= 15 is 0 Å². The number of aromatic carboxylic acids is 1.